The number of halogens is 6. The van der Waals surface area contributed by atoms with E-state index < -0.39 is 18.2 Å². The minimum absolute atomic E-state index is 0. The summed E-state index contributed by atoms with van der Waals surface area (Å²) >= 11 is 4.38. The normalized spacial score (nSPS) is 14.3. The van der Waals surface area contributed by atoms with Crippen LogP contribution >= 0.6 is 11.6 Å². The fraction of sp³-hybridized carbons (Fsp3) is 1.00. The van der Waals surface area contributed by atoms with Crippen LogP contribution in [0.25, 0.3) is 0 Å². The molecule has 0 aromatic carbocycles. The molecule has 0 saturated carbocycles. The van der Waals surface area contributed by atoms with E-state index in [0.717, 1.165) is 0 Å². The highest BCUT2D eigenvalue weighted by Crippen LogP contribution is 2.24. The van der Waals surface area contributed by atoms with Crippen LogP contribution in [0.4, 0.5) is 22.3 Å². The van der Waals surface area contributed by atoms with Crippen molar-refractivity contribution in [3.05, 3.63) is 0 Å². The van der Waals surface area contributed by atoms with Gasteiger partial charge in [-0.2, -0.15) is 13.2 Å². The highest BCUT2D eigenvalue weighted by molar-refractivity contribution is 6.19. The first-order valence-corrected chi connectivity index (χ1v) is 2.20. The molecule has 0 rings (SSSR count). The van der Waals surface area contributed by atoms with Gasteiger partial charge in [0.25, 0.3) is 0 Å². The average molecular weight is 171 g/mol. The van der Waals surface area contributed by atoms with Gasteiger partial charge >= 0.3 is 6.18 Å². The summed E-state index contributed by atoms with van der Waals surface area (Å²) in [7, 11) is 0. The third kappa shape index (κ3) is 11.5. The minimum atomic E-state index is -4.48. The second kappa shape index (κ2) is 3.87. The largest absolute Gasteiger partial charge is 0.393 e. The zero-order valence-corrected chi connectivity index (χ0v) is 4.84. The zero-order valence-electron chi connectivity index (χ0n) is 4.08. The smallest absolute Gasteiger partial charge is 0.269 e. The van der Waals surface area contributed by atoms with Gasteiger partial charge in [0.1, 0.15) is 0 Å². The van der Waals surface area contributed by atoms with E-state index in [-0.39, 0.29) is 4.70 Å². The van der Waals surface area contributed by atoms with E-state index in [9.17, 15) is 17.6 Å². The Kier molecular flexibility index (Phi) is 5.03. The van der Waals surface area contributed by atoms with Crippen molar-refractivity contribution in [2.24, 2.45) is 0 Å². The molecule has 0 radical (unpaired) electrons. The molecule has 0 aliphatic carbocycles. The molecule has 0 spiro atoms. The molecule has 0 aliphatic rings. The molecule has 58 valence electrons. The Morgan fingerprint density at radius 1 is 1.33 bits per heavy atom. The Morgan fingerprint density at radius 2 is 1.67 bits per heavy atom. The molecule has 0 heterocycles. The lowest BCUT2D eigenvalue weighted by Crippen LogP contribution is -2.11. The van der Waals surface area contributed by atoms with E-state index in [2.05, 4.69) is 11.6 Å². The van der Waals surface area contributed by atoms with Gasteiger partial charge in [0.2, 0.25) is 0 Å². The van der Waals surface area contributed by atoms with Gasteiger partial charge in [-0.25, -0.2) is 4.39 Å². The first-order chi connectivity index (χ1) is 3.42. The summed E-state index contributed by atoms with van der Waals surface area (Å²) in [6.45, 7) is 0. The van der Waals surface area contributed by atoms with Gasteiger partial charge in [-0.05, 0) is 0 Å². The minimum Gasteiger partial charge on any atom is -0.269 e. The van der Waals surface area contributed by atoms with Crippen molar-refractivity contribution in [3.8, 4) is 0 Å². The Balaban J connectivity index is 0. The van der Waals surface area contributed by atoms with Crippen LogP contribution in [0.15, 0.2) is 0 Å². The Bertz CT molecular complexity index is 67.1. The lowest BCUT2D eigenvalue weighted by atomic mass is 10.5. The van der Waals surface area contributed by atoms with Gasteiger partial charge in [-0.1, -0.05) is 11.6 Å². The SMILES string of the molecule is F.FC(Cl)CC(F)(F)F. The Hall–Kier alpha value is -0.0600. The fourth-order valence-corrected chi connectivity index (χ4v) is 0.350. The van der Waals surface area contributed by atoms with Gasteiger partial charge in [0.05, 0.1) is 6.42 Å². The van der Waals surface area contributed by atoms with Crippen molar-refractivity contribution in [2.45, 2.75) is 18.2 Å². The van der Waals surface area contributed by atoms with Crippen LogP contribution in [-0.4, -0.2) is 11.8 Å². The Labute approximate surface area is 53.2 Å². The van der Waals surface area contributed by atoms with E-state index >= 15 is 0 Å². The Morgan fingerprint density at radius 3 is 1.67 bits per heavy atom. The molecule has 0 fully saturated rings. The molecule has 0 aromatic heterocycles. The molecule has 6 heteroatoms. The molecule has 0 aromatic rings. The number of rotatable bonds is 1. The molecular weight excluding hydrogens is 166 g/mol. The van der Waals surface area contributed by atoms with Crippen LogP contribution in [0, 0.1) is 0 Å². The fourth-order valence-electron chi connectivity index (χ4n) is 0.175. The van der Waals surface area contributed by atoms with E-state index in [1.165, 1.54) is 0 Å². The molecule has 0 saturated heterocycles. The monoisotopic (exact) mass is 170 g/mol. The number of hydrogen-bond acceptors (Lipinski definition) is 0. The topological polar surface area (TPSA) is 0 Å². The van der Waals surface area contributed by atoms with Crippen molar-refractivity contribution in [2.75, 3.05) is 0 Å². The van der Waals surface area contributed by atoms with Crippen molar-refractivity contribution >= 4 is 11.6 Å². The molecule has 0 nitrogen and oxygen atoms in total. The summed E-state index contributed by atoms with van der Waals surface area (Å²) < 4.78 is 44.2. The lowest BCUT2D eigenvalue weighted by molar-refractivity contribution is -0.140. The second-order valence-corrected chi connectivity index (χ2v) is 1.68. The summed E-state index contributed by atoms with van der Waals surface area (Å²) in [5.74, 6) is 0. The number of alkyl halides is 5. The maximum Gasteiger partial charge on any atom is 0.393 e. The molecule has 9 heavy (non-hydrogen) atoms. The first kappa shape index (κ1) is 11.7. The van der Waals surface area contributed by atoms with Crippen LogP contribution in [-0.2, 0) is 0 Å². The molecular formula is C3H4ClF5. The van der Waals surface area contributed by atoms with Crippen molar-refractivity contribution in [3.63, 3.8) is 0 Å². The van der Waals surface area contributed by atoms with Crippen LogP contribution in [0.3, 0.4) is 0 Å². The molecule has 0 N–H and O–H groups in total. The highest BCUT2D eigenvalue weighted by atomic mass is 35.5. The molecule has 0 aliphatic heterocycles. The van der Waals surface area contributed by atoms with E-state index in [1.54, 1.807) is 0 Å². The predicted octanol–water partition coefficient (Wildman–Crippen LogP) is 2.63. The van der Waals surface area contributed by atoms with Crippen LogP contribution in [0.2, 0.25) is 0 Å². The number of hydrogen-bond donors (Lipinski definition) is 0. The summed E-state index contributed by atoms with van der Waals surface area (Å²) in [4.78, 5) is 0. The van der Waals surface area contributed by atoms with Gasteiger partial charge in [-0.3, -0.25) is 4.70 Å². The predicted molar refractivity (Wildman–Crippen MR) is 23.9 cm³/mol. The van der Waals surface area contributed by atoms with E-state index in [1.807, 2.05) is 0 Å². The van der Waals surface area contributed by atoms with Gasteiger partial charge in [0.15, 0.2) is 5.63 Å². The maximum atomic E-state index is 11.2. The van der Waals surface area contributed by atoms with Crippen molar-refractivity contribution < 1.29 is 22.3 Å². The zero-order chi connectivity index (χ0) is 6.78. The third-order valence-electron chi connectivity index (χ3n) is 0.386. The molecule has 0 amide bonds. The highest BCUT2D eigenvalue weighted by Gasteiger charge is 2.30. The molecule has 0 bridgehead atoms. The van der Waals surface area contributed by atoms with Crippen molar-refractivity contribution in [1.29, 1.82) is 0 Å². The maximum absolute atomic E-state index is 11.2. The van der Waals surface area contributed by atoms with Crippen LogP contribution in [0.1, 0.15) is 6.42 Å². The summed E-state index contributed by atoms with van der Waals surface area (Å²) in [6, 6.07) is 0. The lowest BCUT2D eigenvalue weighted by Gasteiger charge is -2.03. The van der Waals surface area contributed by atoms with Crippen molar-refractivity contribution in [1.82, 2.24) is 0 Å². The standard InChI is InChI=1S/C3H3ClF4.FH/c4-2(5)1-3(6,7)8;/h2H,1H2;1H. The van der Waals surface area contributed by atoms with E-state index in [4.69, 9.17) is 0 Å². The average Bonchev–Trinajstić information content (AvgIpc) is 1.21. The third-order valence-corrected chi connectivity index (χ3v) is 0.540. The van der Waals surface area contributed by atoms with Crippen LogP contribution < -0.4 is 0 Å². The van der Waals surface area contributed by atoms with Gasteiger partial charge in [0, 0.05) is 0 Å². The first-order valence-electron chi connectivity index (χ1n) is 1.77. The van der Waals surface area contributed by atoms with Gasteiger partial charge < -0.3 is 0 Å². The molecule has 1 atom stereocenters. The summed E-state index contributed by atoms with van der Waals surface area (Å²) in [5.41, 5.74) is -2.31. The summed E-state index contributed by atoms with van der Waals surface area (Å²) in [6.07, 6.45) is -6.06. The summed E-state index contributed by atoms with van der Waals surface area (Å²) in [5, 5.41) is 0. The van der Waals surface area contributed by atoms with E-state index in [0.29, 0.717) is 0 Å². The van der Waals surface area contributed by atoms with Gasteiger partial charge in [-0.15, -0.1) is 0 Å². The quantitative estimate of drug-likeness (QED) is 0.419. The molecule has 1 unspecified atom stereocenters. The second-order valence-electron chi connectivity index (χ2n) is 1.21. The van der Waals surface area contributed by atoms with Crippen LogP contribution in [0.5, 0.6) is 0 Å².